The van der Waals surface area contributed by atoms with Crippen molar-refractivity contribution < 1.29 is 4.39 Å². The molecule has 0 aliphatic carbocycles. The minimum atomic E-state index is -0.228. The second-order valence-corrected chi connectivity index (χ2v) is 7.87. The van der Waals surface area contributed by atoms with E-state index in [1.807, 2.05) is 21.4 Å². The molecule has 3 aromatic rings. The van der Waals surface area contributed by atoms with Gasteiger partial charge in [0, 0.05) is 43.6 Å². The van der Waals surface area contributed by atoms with Crippen LogP contribution in [0.5, 0.6) is 0 Å². The van der Waals surface area contributed by atoms with Crippen LogP contribution in [0.2, 0.25) is 0 Å². The van der Waals surface area contributed by atoms with Gasteiger partial charge in [-0.1, -0.05) is 12.1 Å². The summed E-state index contributed by atoms with van der Waals surface area (Å²) in [5.41, 5.74) is 2.91. The minimum absolute atomic E-state index is 0.0586. The fourth-order valence-corrected chi connectivity index (χ4v) is 4.60. The van der Waals surface area contributed by atoms with Crippen LogP contribution in [0.4, 0.5) is 4.39 Å². The van der Waals surface area contributed by atoms with Crippen molar-refractivity contribution in [1.29, 1.82) is 0 Å². The first-order valence-electron chi connectivity index (χ1n) is 9.89. The molecule has 1 saturated heterocycles. The van der Waals surface area contributed by atoms with E-state index in [1.165, 1.54) is 12.1 Å². The van der Waals surface area contributed by atoms with E-state index in [0.717, 1.165) is 43.7 Å². The van der Waals surface area contributed by atoms with Crippen molar-refractivity contribution in [2.24, 2.45) is 5.92 Å². The van der Waals surface area contributed by atoms with Crippen molar-refractivity contribution in [3.8, 4) is 11.4 Å². The van der Waals surface area contributed by atoms with Gasteiger partial charge >= 0.3 is 0 Å². The van der Waals surface area contributed by atoms with E-state index in [-0.39, 0.29) is 11.4 Å². The van der Waals surface area contributed by atoms with Crippen molar-refractivity contribution >= 4 is 0 Å². The van der Waals surface area contributed by atoms with Gasteiger partial charge in [0.25, 0.3) is 5.56 Å². The molecule has 4 heterocycles. The molecule has 2 aliphatic rings. The number of halogens is 1. The first-order chi connectivity index (χ1) is 13.7. The Morgan fingerprint density at radius 2 is 2.00 bits per heavy atom. The lowest BCUT2D eigenvalue weighted by molar-refractivity contribution is 0.257. The maximum Gasteiger partial charge on any atom is 0.261 e. The van der Waals surface area contributed by atoms with Crippen LogP contribution in [0, 0.1) is 11.7 Å². The summed E-state index contributed by atoms with van der Waals surface area (Å²) in [6.07, 6.45) is 5.56. The molecule has 28 heavy (non-hydrogen) atoms. The van der Waals surface area contributed by atoms with Gasteiger partial charge in [0.15, 0.2) is 0 Å². The molecule has 0 unspecified atom stereocenters. The normalized spacial score (nSPS) is 20.8. The molecule has 1 fully saturated rings. The van der Waals surface area contributed by atoms with Crippen LogP contribution in [0.1, 0.15) is 23.6 Å². The molecule has 0 amide bonds. The molecule has 2 aromatic heterocycles. The summed E-state index contributed by atoms with van der Waals surface area (Å²) < 4.78 is 17.1. The van der Waals surface area contributed by atoms with Gasteiger partial charge in [-0.2, -0.15) is 0 Å². The molecule has 2 bridgehead atoms. The predicted octanol–water partition coefficient (Wildman–Crippen LogP) is 2.80. The Hall–Kier alpha value is -2.73. The first kappa shape index (κ1) is 17.4. The SMILES string of the molecule is O=c1c(-c2nccn2CCc2ccc(F)cc2)ccc2n1C[C@@H]1CNC[C@H]2C1. The van der Waals surface area contributed by atoms with Gasteiger partial charge in [-0.15, -0.1) is 0 Å². The Labute approximate surface area is 162 Å². The quantitative estimate of drug-likeness (QED) is 0.760. The second-order valence-electron chi connectivity index (χ2n) is 7.87. The maximum atomic E-state index is 13.3. The molecule has 1 aromatic carbocycles. The smallest absolute Gasteiger partial charge is 0.261 e. The van der Waals surface area contributed by atoms with Crippen molar-refractivity contribution in [2.45, 2.75) is 31.8 Å². The molecule has 2 aliphatic heterocycles. The summed E-state index contributed by atoms with van der Waals surface area (Å²) in [5.74, 6) is 1.43. The second kappa shape index (κ2) is 7.02. The highest BCUT2D eigenvalue weighted by molar-refractivity contribution is 5.54. The Balaban J connectivity index is 1.45. The van der Waals surface area contributed by atoms with Gasteiger partial charge in [0.1, 0.15) is 11.6 Å². The molecule has 5 nitrogen and oxygen atoms in total. The van der Waals surface area contributed by atoms with E-state index in [2.05, 4.69) is 16.4 Å². The highest BCUT2D eigenvalue weighted by Crippen LogP contribution is 2.32. The number of aryl methyl sites for hydroxylation is 2. The molecule has 1 N–H and O–H groups in total. The van der Waals surface area contributed by atoms with Crippen LogP contribution in [-0.2, 0) is 19.5 Å². The van der Waals surface area contributed by atoms with E-state index < -0.39 is 0 Å². The van der Waals surface area contributed by atoms with E-state index >= 15 is 0 Å². The standard InChI is InChI=1S/C22H23FN4O/c23-18-3-1-15(2-4-18)7-9-26-10-8-25-21(26)19-5-6-20-17-11-16(12-24-13-17)14-27(20)22(19)28/h1-6,8,10,16-17,24H,7,9,11-14H2/t16-,17+/m0/s1. The first-order valence-corrected chi connectivity index (χ1v) is 9.89. The summed E-state index contributed by atoms with van der Waals surface area (Å²) in [5, 5.41) is 3.48. The molecular weight excluding hydrogens is 355 g/mol. The van der Waals surface area contributed by atoms with E-state index in [4.69, 9.17) is 0 Å². The number of aromatic nitrogens is 3. The van der Waals surface area contributed by atoms with Crippen molar-refractivity contribution in [1.82, 2.24) is 19.4 Å². The molecular formula is C22H23FN4O. The van der Waals surface area contributed by atoms with Gasteiger partial charge < -0.3 is 14.5 Å². The number of nitrogens with one attached hydrogen (secondary N) is 1. The lowest BCUT2D eigenvalue weighted by atomic mass is 9.84. The van der Waals surface area contributed by atoms with Crippen LogP contribution in [0.25, 0.3) is 11.4 Å². The number of rotatable bonds is 4. The lowest BCUT2D eigenvalue weighted by Gasteiger charge is -2.37. The third kappa shape index (κ3) is 3.07. The Morgan fingerprint density at radius 3 is 2.86 bits per heavy atom. The van der Waals surface area contributed by atoms with E-state index in [0.29, 0.717) is 29.8 Å². The Bertz CT molecular complexity index is 1050. The summed E-state index contributed by atoms with van der Waals surface area (Å²) in [7, 11) is 0. The number of benzene rings is 1. The average Bonchev–Trinajstić information content (AvgIpc) is 3.17. The van der Waals surface area contributed by atoms with Crippen LogP contribution in [0.3, 0.4) is 0 Å². The van der Waals surface area contributed by atoms with Gasteiger partial charge in [0.05, 0.1) is 5.56 Å². The summed E-state index contributed by atoms with van der Waals surface area (Å²) in [6.45, 7) is 3.40. The highest BCUT2D eigenvalue weighted by atomic mass is 19.1. The third-order valence-corrected chi connectivity index (χ3v) is 6.02. The van der Waals surface area contributed by atoms with E-state index in [9.17, 15) is 9.18 Å². The zero-order chi connectivity index (χ0) is 19.1. The Morgan fingerprint density at radius 1 is 1.14 bits per heavy atom. The highest BCUT2D eigenvalue weighted by Gasteiger charge is 2.31. The van der Waals surface area contributed by atoms with Crippen molar-refractivity contribution in [3.05, 3.63) is 76.2 Å². The van der Waals surface area contributed by atoms with Gasteiger partial charge in [-0.3, -0.25) is 4.79 Å². The zero-order valence-electron chi connectivity index (χ0n) is 15.6. The van der Waals surface area contributed by atoms with Gasteiger partial charge in [-0.05, 0) is 55.1 Å². The molecule has 5 rings (SSSR count). The van der Waals surface area contributed by atoms with Crippen molar-refractivity contribution in [2.75, 3.05) is 13.1 Å². The Kier molecular flexibility index (Phi) is 4.36. The van der Waals surface area contributed by atoms with Gasteiger partial charge in [-0.25, -0.2) is 9.37 Å². The number of hydrogen-bond acceptors (Lipinski definition) is 3. The van der Waals surface area contributed by atoms with Crippen LogP contribution in [0.15, 0.2) is 53.6 Å². The number of fused-ring (bicyclic) bond motifs is 4. The van der Waals surface area contributed by atoms with E-state index in [1.54, 1.807) is 18.3 Å². The number of pyridine rings is 1. The monoisotopic (exact) mass is 378 g/mol. The van der Waals surface area contributed by atoms with Crippen molar-refractivity contribution in [3.63, 3.8) is 0 Å². The number of hydrogen-bond donors (Lipinski definition) is 1. The summed E-state index contributed by atoms with van der Waals surface area (Å²) in [6, 6.07) is 10.6. The summed E-state index contributed by atoms with van der Waals surface area (Å²) in [4.78, 5) is 17.7. The van der Waals surface area contributed by atoms with Crippen LogP contribution >= 0.6 is 0 Å². The largest absolute Gasteiger partial charge is 0.330 e. The molecule has 2 atom stereocenters. The molecule has 6 heteroatoms. The maximum absolute atomic E-state index is 13.3. The average molecular weight is 378 g/mol. The minimum Gasteiger partial charge on any atom is -0.330 e. The number of imidazole rings is 1. The molecule has 0 radical (unpaired) electrons. The zero-order valence-corrected chi connectivity index (χ0v) is 15.6. The number of nitrogens with zero attached hydrogens (tertiary/aromatic N) is 3. The topological polar surface area (TPSA) is 51.9 Å². The number of piperidine rings is 1. The predicted molar refractivity (Wildman–Crippen MR) is 106 cm³/mol. The summed E-state index contributed by atoms with van der Waals surface area (Å²) >= 11 is 0. The third-order valence-electron chi connectivity index (χ3n) is 6.02. The molecule has 0 saturated carbocycles. The molecule has 144 valence electrons. The van der Waals surface area contributed by atoms with Crippen LogP contribution in [-0.4, -0.2) is 27.2 Å². The molecule has 0 spiro atoms. The fourth-order valence-electron chi connectivity index (χ4n) is 4.60. The fraction of sp³-hybridized carbons (Fsp3) is 0.364. The lowest BCUT2D eigenvalue weighted by Crippen LogP contribution is -2.45. The van der Waals surface area contributed by atoms with Crippen LogP contribution < -0.4 is 10.9 Å². The van der Waals surface area contributed by atoms with Gasteiger partial charge in [0.2, 0.25) is 0 Å².